The van der Waals surface area contributed by atoms with Gasteiger partial charge in [0.05, 0.1) is 5.52 Å². The van der Waals surface area contributed by atoms with Crippen LogP contribution in [0.4, 0.5) is 5.69 Å². The summed E-state index contributed by atoms with van der Waals surface area (Å²) in [4.78, 5) is 4.34. The van der Waals surface area contributed by atoms with Gasteiger partial charge in [-0.3, -0.25) is 22.2 Å². The van der Waals surface area contributed by atoms with Gasteiger partial charge in [-0.25, -0.2) is 5.73 Å². The number of likely N-dealkylation sites (N-methyl/N-ethyl adjacent to an activating group) is 1. The van der Waals surface area contributed by atoms with E-state index in [1.807, 2.05) is 31.3 Å². The van der Waals surface area contributed by atoms with Crippen molar-refractivity contribution in [2.75, 3.05) is 25.5 Å². The van der Waals surface area contributed by atoms with Gasteiger partial charge in [0.25, 0.3) is 0 Å². The Bertz CT molecular complexity index is 1040. The van der Waals surface area contributed by atoms with Crippen LogP contribution < -0.4 is 10.6 Å². The van der Waals surface area contributed by atoms with Gasteiger partial charge < -0.3 is 10.6 Å². The second-order valence-electron chi connectivity index (χ2n) is 5.36. The molecule has 5 heteroatoms. The van der Waals surface area contributed by atoms with Crippen molar-refractivity contribution in [3.63, 3.8) is 0 Å². The molecule has 1 aromatic heterocycles. The molecule has 0 bridgehead atoms. The summed E-state index contributed by atoms with van der Waals surface area (Å²) in [5, 5.41) is 8.29. The van der Waals surface area contributed by atoms with Crippen LogP contribution in [0.25, 0.3) is 10.9 Å². The Kier molecular flexibility index (Phi) is 8.21. The first-order chi connectivity index (χ1) is 12.8. The summed E-state index contributed by atoms with van der Waals surface area (Å²) in [6.45, 7) is 1.45. The molecule has 2 aliphatic rings. The Morgan fingerprint density at radius 1 is 1.11 bits per heavy atom. The molecule has 0 saturated carbocycles. The topological polar surface area (TPSA) is 37.0 Å². The number of pyridine rings is 1. The number of halogens is 1. The minimum absolute atomic E-state index is 0. The SMILES string of the molecule is CNCC1=[C][C-]=C=C1CNc1ccnc2cc(Cl)ccc12.[C]1=C=C=C=[C-]1.[Fe+2]. The summed E-state index contributed by atoms with van der Waals surface area (Å²) in [5.41, 5.74) is 14.7. The molecule has 132 valence electrons. The molecular formula is C22H14ClFeN3. The van der Waals surface area contributed by atoms with E-state index in [0.29, 0.717) is 11.6 Å². The van der Waals surface area contributed by atoms with Crippen molar-refractivity contribution in [2.45, 2.75) is 0 Å². The quantitative estimate of drug-likeness (QED) is 0.447. The molecule has 0 fully saturated rings. The van der Waals surface area contributed by atoms with Crippen LogP contribution in [0.1, 0.15) is 0 Å². The van der Waals surface area contributed by atoms with E-state index in [1.54, 1.807) is 6.20 Å². The van der Waals surface area contributed by atoms with E-state index in [-0.39, 0.29) is 17.1 Å². The molecule has 0 aliphatic heterocycles. The number of anilines is 1. The number of nitrogens with one attached hydrogen (secondary N) is 2. The van der Waals surface area contributed by atoms with E-state index in [0.717, 1.165) is 34.3 Å². The van der Waals surface area contributed by atoms with E-state index in [4.69, 9.17) is 11.6 Å². The summed E-state index contributed by atoms with van der Waals surface area (Å²) in [6, 6.07) is 7.68. The van der Waals surface area contributed by atoms with Crippen LogP contribution in [0.3, 0.4) is 0 Å². The fourth-order valence-corrected chi connectivity index (χ4v) is 2.59. The Hall–Kier alpha value is -2.46. The van der Waals surface area contributed by atoms with Gasteiger partial charge in [0.2, 0.25) is 0 Å². The van der Waals surface area contributed by atoms with E-state index >= 15 is 0 Å². The minimum atomic E-state index is 0. The maximum absolute atomic E-state index is 6.00. The molecular weight excluding hydrogens is 398 g/mol. The van der Waals surface area contributed by atoms with Crippen molar-refractivity contribution < 1.29 is 17.1 Å². The zero-order valence-corrected chi connectivity index (χ0v) is 16.3. The van der Waals surface area contributed by atoms with Crippen LogP contribution in [0.5, 0.6) is 0 Å². The zero-order valence-electron chi connectivity index (χ0n) is 14.5. The van der Waals surface area contributed by atoms with Crippen molar-refractivity contribution in [1.82, 2.24) is 10.3 Å². The summed E-state index contributed by atoms with van der Waals surface area (Å²) in [5.74, 6) is 0. The molecule has 0 spiro atoms. The number of benzene rings is 1. The van der Waals surface area contributed by atoms with Crippen molar-refractivity contribution in [2.24, 2.45) is 0 Å². The van der Waals surface area contributed by atoms with Crippen molar-refractivity contribution in [3.05, 3.63) is 93.9 Å². The van der Waals surface area contributed by atoms with Gasteiger partial charge in [0, 0.05) is 22.3 Å². The molecule has 2 aromatic rings. The first-order valence-corrected chi connectivity index (χ1v) is 8.32. The molecule has 2 aliphatic carbocycles. The molecule has 4 rings (SSSR count). The smallest absolute Gasteiger partial charge is 0.392 e. The second kappa shape index (κ2) is 10.6. The summed E-state index contributed by atoms with van der Waals surface area (Å²) < 4.78 is 0. The molecule has 0 saturated heterocycles. The number of nitrogens with zero attached hydrogens (tertiary/aromatic N) is 1. The Labute approximate surface area is 174 Å². The Morgan fingerprint density at radius 3 is 2.70 bits per heavy atom. The first kappa shape index (κ1) is 20.8. The van der Waals surface area contributed by atoms with Gasteiger partial charge in [0.15, 0.2) is 0 Å². The van der Waals surface area contributed by atoms with Crippen LogP contribution in [-0.2, 0) is 17.1 Å². The molecule has 3 nitrogen and oxygen atoms in total. The van der Waals surface area contributed by atoms with Crippen LogP contribution >= 0.6 is 11.6 Å². The average Bonchev–Trinajstić information content (AvgIpc) is 3.35. The first-order valence-electron chi connectivity index (χ1n) is 7.95. The molecule has 2 radical (unpaired) electrons. The zero-order chi connectivity index (χ0) is 18.2. The monoisotopic (exact) mass is 411 g/mol. The van der Waals surface area contributed by atoms with Gasteiger partial charge in [0.1, 0.15) is 0 Å². The molecule has 2 N–H and O–H groups in total. The number of fused-ring (bicyclic) bond motifs is 1. The summed E-state index contributed by atoms with van der Waals surface area (Å²) in [6.07, 6.45) is 12.8. The molecule has 0 atom stereocenters. The normalized spacial score (nSPS) is 12.5. The predicted molar refractivity (Wildman–Crippen MR) is 103 cm³/mol. The van der Waals surface area contributed by atoms with E-state index in [1.165, 1.54) is 0 Å². The van der Waals surface area contributed by atoms with Crippen LogP contribution in [0.15, 0.2) is 64.5 Å². The molecule has 0 amide bonds. The third-order valence-corrected chi connectivity index (χ3v) is 3.85. The number of hydrogen-bond acceptors (Lipinski definition) is 3. The van der Waals surface area contributed by atoms with Crippen LogP contribution in [0, 0.1) is 24.3 Å². The standard InChI is InChI=1S/C17H14ClN3.C5.Fe/c1-19-10-12-3-2-4-13(12)11-21-16-7-8-20-17-9-14(18)5-6-15(16)17;1-2-4-5-3-1;/h5-9,19H,10-11H2,1H3,(H,20,21);;/q2*-1;+2. The van der Waals surface area contributed by atoms with Crippen molar-refractivity contribution in [1.29, 1.82) is 0 Å². The maximum atomic E-state index is 6.00. The van der Waals surface area contributed by atoms with E-state index in [9.17, 15) is 0 Å². The summed E-state index contributed by atoms with van der Waals surface area (Å²) >= 11 is 6.00. The second-order valence-corrected chi connectivity index (χ2v) is 5.80. The maximum Gasteiger partial charge on any atom is 2.00 e. The van der Waals surface area contributed by atoms with Gasteiger partial charge in [-0.05, 0) is 44.4 Å². The molecule has 27 heavy (non-hydrogen) atoms. The molecule has 1 heterocycles. The predicted octanol–water partition coefficient (Wildman–Crippen LogP) is 3.77. The number of allylic oxidation sites excluding steroid dienone is 3. The fraction of sp³-hybridized carbons (Fsp3) is 0.136. The van der Waals surface area contributed by atoms with Crippen molar-refractivity contribution in [3.8, 4) is 0 Å². The van der Waals surface area contributed by atoms with E-state index in [2.05, 4.69) is 62.8 Å². The van der Waals surface area contributed by atoms with Crippen LogP contribution in [-0.4, -0.2) is 25.1 Å². The van der Waals surface area contributed by atoms with Gasteiger partial charge in [-0.15, -0.1) is 23.8 Å². The van der Waals surface area contributed by atoms with Crippen LogP contribution in [0.2, 0.25) is 5.02 Å². The van der Waals surface area contributed by atoms with Gasteiger partial charge >= 0.3 is 17.1 Å². The number of rotatable bonds is 5. The third-order valence-electron chi connectivity index (χ3n) is 3.62. The average molecular weight is 412 g/mol. The summed E-state index contributed by atoms with van der Waals surface area (Å²) in [7, 11) is 1.91. The third kappa shape index (κ3) is 5.76. The number of aromatic nitrogens is 1. The Balaban J connectivity index is 0.000000379. The van der Waals surface area contributed by atoms with E-state index < -0.39 is 0 Å². The Morgan fingerprint density at radius 2 is 2.00 bits per heavy atom. The fourth-order valence-electron chi connectivity index (χ4n) is 2.43. The van der Waals surface area contributed by atoms with Gasteiger partial charge in [-0.1, -0.05) is 11.6 Å². The minimum Gasteiger partial charge on any atom is -0.392 e. The van der Waals surface area contributed by atoms with Crippen molar-refractivity contribution >= 4 is 28.2 Å². The largest absolute Gasteiger partial charge is 2.00 e. The molecule has 1 aromatic carbocycles. The number of hydrogen-bond donors (Lipinski definition) is 2. The molecule has 0 unspecified atom stereocenters. The van der Waals surface area contributed by atoms with Gasteiger partial charge in [-0.2, -0.15) is 11.6 Å².